The van der Waals surface area contributed by atoms with Crippen LogP contribution in [0.1, 0.15) is 28.7 Å². The highest BCUT2D eigenvalue weighted by molar-refractivity contribution is 5.79. The monoisotopic (exact) mass is 443 g/mol. The minimum absolute atomic E-state index is 0.0334. The molecule has 32 heavy (non-hydrogen) atoms. The second kappa shape index (κ2) is 9.02. The average Bonchev–Trinajstić information content (AvgIpc) is 3.12. The van der Waals surface area contributed by atoms with E-state index in [4.69, 9.17) is 4.74 Å². The molecule has 3 aromatic rings. The first-order valence-corrected chi connectivity index (χ1v) is 9.97. The second-order valence-electron chi connectivity index (χ2n) is 7.48. The van der Waals surface area contributed by atoms with Gasteiger partial charge in [0.1, 0.15) is 24.6 Å². The fraction of sp³-hybridized carbons (Fsp3) is 0.208. The van der Waals surface area contributed by atoms with Gasteiger partial charge in [-0.1, -0.05) is 48.5 Å². The van der Waals surface area contributed by atoms with E-state index < -0.39 is 47.9 Å². The molecule has 2 unspecified atom stereocenters. The molecule has 0 heterocycles. The first-order chi connectivity index (χ1) is 15.4. The highest BCUT2D eigenvalue weighted by atomic mass is 19.2. The third kappa shape index (κ3) is 4.06. The van der Waals surface area contributed by atoms with Crippen LogP contribution in [0.5, 0.6) is 0 Å². The zero-order chi connectivity index (χ0) is 22.8. The van der Waals surface area contributed by atoms with Crippen LogP contribution in [0.15, 0.2) is 60.7 Å². The van der Waals surface area contributed by atoms with Gasteiger partial charge in [0, 0.05) is 12.5 Å². The van der Waals surface area contributed by atoms with Gasteiger partial charge < -0.3 is 20.3 Å². The number of benzene rings is 3. The van der Waals surface area contributed by atoms with Crippen molar-refractivity contribution >= 4 is 6.09 Å². The van der Waals surface area contributed by atoms with Crippen molar-refractivity contribution in [1.29, 1.82) is 0 Å². The smallest absolute Gasteiger partial charge is 0.407 e. The van der Waals surface area contributed by atoms with Gasteiger partial charge >= 0.3 is 6.09 Å². The van der Waals surface area contributed by atoms with Gasteiger partial charge in [0.15, 0.2) is 11.6 Å². The first kappa shape index (κ1) is 21.9. The Hall–Kier alpha value is -3.36. The maximum atomic E-state index is 13.8. The number of hydrogen-bond acceptors (Lipinski definition) is 4. The van der Waals surface area contributed by atoms with Crippen LogP contribution in [0.25, 0.3) is 11.1 Å². The first-order valence-electron chi connectivity index (χ1n) is 9.97. The van der Waals surface area contributed by atoms with E-state index in [1.54, 1.807) is 0 Å². The van der Waals surface area contributed by atoms with Crippen LogP contribution in [-0.2, 0) is 4.74 Å². The lowest BCUT2D eigenvalue weighted by atomic mass is 9.98. The number of fused-ring (bicyclic) bond motifs is 3. The molecule has 0 aromatic heterocycles. The zero-order valence-electron chi connectivity index (χ0n) is 16.8. The van der Waals surface area contributed by atoms with Crippen LogP contribution in [0.3, 0.4) is 0 Å². The fourth-order valence-electron chi connectivity index (χ4n) is 3.96. The summed E-state index contributed by atoms with van der Waals surface area (Å²) in [6.45, 7) is -0.529. The molecule has 5 nitrogen and oxygen atoms in total. The summed E-state index contributed by atoms with van der Waals surface area (Å²) in [4.78, 5) is 12.1. The summed E-state index contributed by atoms with van der Waals surface area (Å²) in [7, 11) is 0. The number of ether oxygens (including phenoxy) is 1. The van der Waals surface area contributed by atoms with E-state index >= 15 is 0 Å². The predicted molar refractivity (Wildman–Crippen MR) is 110 cm³/mol. The Morgan fingerprint density at radius 3 is 2.09 bits per heavy atom. The molecule has 166 valence electrons. The molecule has 0 fully saturated rings. The number of carbonyl (C=O) groups is 1. The number of amides is 1. The summed E-state index contributed by atoms with van der Waals surface area (Å²) in [6, 6.07) is 16.8. The van der Waals surface area contributed by atoms with Gasteiger partial charge in [-0.15, -0.1) is 0 Å². The Labute approximate surface area is 182 Å². The molecule has 2 atom stereocenters. The van der Waals surface area contributed by atoms with Crippen molar-refractivity contribution < 1.29 is 32.9 Å². The quantitative estimate of drug-likeness (QED) is 0.503. The molecule has 0 saturated heterocycles. The minimum Gasteiger partial charge on any atom is -0.449 e. The lowest BCUT2D eigenvalue weighted by molar-refractivity contribution is 0.0140. The molecule has 0 saturated carbocycles. The number of rotatable bonds is 6. The van der Waals surface area contributed by atoms with Gasteiger partial charge in [-0.25, -0.2) is 18.0 Å². The lowest BCUT2D eigenvalue weighted by Crippen LogP contribution is -2.36. The summed E-state index contributed by atoms with van der Waals surface area (Å²) in [5, 5.41) is 22.3. The average molecular weight is 443 g/mol. The molecule has 1 aliphatic carbocycles. The summed E-state index contributed by atoms with van der Waals surface area (Å²) in [5.74, 6) is -4.34. The number of carbonyl (C=O) groups excluding carboxylic acids is 1. The van der Waals surface area contributed by atoms with Gasteiger partial charge in [-0.05, 0) is 34.4 Å². The Morgan fingerprint density at radius 1 is 0.906 bits per heavy atom. The Bertz CT molecular complexity index is 1110. The number of nitrogens with one attached hydrogen (secondary N) is 1. The summed E-state index contributed by atoms with van der Waals surface area (Å²) in [6.07, 6.45) is -4.75. The third-order valence-corrected chi connectivity index (χ3v) is 5.54. The molecule has 0 aliphatic heterocycles. The SMILES string of the molecule is O=C(NCC(O)C(O)c1c(F)ccc(F)c1F)OCC1c2ccccc2-c2ccccc21. The fourth-order valence-corrected chi connectivity index (χ4v) is 3.96. The van der Waals surface area contributed by atoms with Crippen LogP contribution in [0.2, 0.25) is 0 Å². The molecule has 4 rings (SSSR count). The van der Waals surface area contributed by atoms with E-state index in [9.17, 15) is 28.2 Å². The summed E-state index contributed by atoms with van der Waals surface area (Å²) < 4.78 is 46.2. The predicted octanol–water partition coefficient (Wildman–Crippen LogP) is 4.04. The van der Waals surface area contributed by atoms with Crippen molar-refractivity contribution in [3.8, 4) is 11.1 Å². The van der Waals surface area contributed by atoms with Gasteiger partial charge in [0.05, 0.1) is 5.56 Å². The van der Waals surface area contributed by atoms with E-state index in [2.05, 4.69) is 5.32 Å². The maximum absolute atomic E-state index is 13.8. The van der Waals surface area contributed by atoms with E-state index in [0.717, 1.165) is 22.3 Å². The molecule has 3 aromatic carbocycles. The number of aliphatic hydroxyl groups is 2. The molecule has 0 spiro atoms. The van der Waals surface area contributed by atoms with E-state index in [-0.39, 0.29) is 12.5 Å². The van der Waals surface area contributed by atoms with Crippen molar-refractivity contribution in [2.75, 3.05) is 13.2 Å². The zero-order valence-corrected chi connectivity index (χ0v) is 16.8. The van der Waals surface area contributed by atoms with Crippen LogP contribution in [0.4, 0.5) is 18.0 Å². The molecule has 0 bridgehead atoms. The minimum atomic E-state index is -2.08. The van der Waals surface area contributed by atoms with Crippen molar-refractivity contribution in [2.45, 2.75) is 18.1 Å². The highest BCUT2D eigenvalue weighted by Crippen LogP contribution is 2.44. The largest absolute Gasteiger partial charge is 0.449 e. The second-order valence-corrected chi connectivity index (χ2v) is 7.48. The summed E-state index contributed by atoms with van der Waals surface area (Å²) >= 11 is 0. The van der Waals surface area contributed by atoms with Crippen LogP contribution in [0, 0.1) is 17.5 Å². The molecule has 1 aliphatic rings. The number of alkyl carbamates (subject to hydrolysis) is 1. The normalized spacial score (nSPS) is 14.4. The van der Waals surface area contributed by atoms with Crippen molar-refractivity contribution in [2.24, 2.45) is 0 Å². The standard InChI is InChI=1S/C24H20F3NO4/c25-18-9-10-19(26)22(27)21(18)23(30)20(29)11-28-24(31)32-12-17-15-7-3-1-5-13(15)14-6-2-4-8-16(14)17/h1-10,17,20,23,29-30H,11-12H2,(H,28,31). The number of halogens is 3. The van der Waals surface area contributed by atoms with Crippen molar-refractivity contribution in [3.05, 3.63) is 94.8 Å². The highest BCUT2D eigenvalue weighted by Gasteiger charge is 2.30. The van der Waals surface area contributed by atoms with E-state index in [1.807, 2.05) is 48.5 Å². The molecule has 8 heteroatoms. The Morgan fingerprint density at radius 2 is 1.47 bits per heavy atom. The van der Waals surface area contributed by atoms with Gasteiger partial charge in [0.2, 0.25) is 0 Å². The van der Waals surface area contributed by atoms with E-state index in [1.165, 1.54) is 0 Å². The van der Waals surface area contributed by atoms with Crippen molar-refractivity contribution in [1.82, 2.24) is 5.32 Å². The number of hydrogen-bond donors (Lipinski definition) is 3. The number of aliphatic hydroxyl groups excluding tert-OH is 2. The van der Waals surface area contributed by atoms with Crippen LogP contribution in [-0.4, -0.2) is 35.6 Å². The van der Waals surface area contributed by atoms with E-state index in [0.29, 0.717) is 12.1 Å². The lowest BCUT2D eigenvalue weighted by Gasteiger charge is -2.20. The van der Waals surface area contributed by atoms with Gasteiger partial charge in [-0.2, -0.15) is 0 Å². The molecular weight excluding hydrogens is 423 g/mol. The molecule has 3 N–H and O–H groups in total. The van der Waals surface area contributed by atoms with Gasteiger partial charge in [-0.3, -0.25) is 0 Å². The molecule has 1 amide bonds. The van der Waals surface area contributed by atoms with Crippen LogP contribution < -0.4 is 5.32 Å². The summed E-state index contributed by atoms with van der Waals surface area (Å²) in [5.41, 5.74) is 3.17. The van der Waals surface area contributed by atoms with Gasteiger partial charge in [0.25, 0.3) is 0 Å². The van der Waals surface area contributed by atoms with Crippen molar-refractivity contribution in [3.63, 3.8) is 0 Å². The molecular formula is C24H20F3NO4. The Balaban J connectivity index is 1.37. The van der Waals surface area contributed by atoms with Crippen LogP contribution >= 0.6 is 0 Å². The molecule has 0 radical (unpaired) electrons. The third-order valence-electron chi connectivity index (χ3n) is 5.54. The topological polar surface area (TPSA) is 78.8 Å². The Kier molecular flexibility index (Phi) is 6.16. The maximum Gasteiger partial charge on any atom is 0.407 e.